The first-order chi connectivity index (χ1) is 15.8. The van der Waals surface area contributed by atoms with Gasteiger partial charge in [0.15, 0.2) is 5.82 Å². The number of H-pyrrole nitrogens is 1. The number of aliphatic hydroxyl groups excluding tert-OH is 1. The van der Waals surface area contributed by atoms with Crippen LogP contribution in [0.1, 0.15) is 45.1 Å². The highest BCUT2D eigenvalue weighted by molar-refractivity contribution is 6.40. The molecule has 0 aromatic carbocycles. The smallest absolute Gasteiger partial charge is 0.314 e. The van der Waals surface area contributed by atoms with Crippen LogP contribution in [-0.2, 0) is 9.59 Å². The van der Waals surface area contributed by atoms with E-state index in [0.29, 0.717) is 29.0 Å². The van der Waals surface area contributed by atoms with Crippen LogP contribution < -0.4 is 10.6 Å². The number of carbonyl (C=O) groups is 2. The number of hydrogen-bond acceptors (Lipinski definition) is 6. The number of rotatable bonds is 4. The molecule has 3 aromatic heterocycles. The minimum Gasteiger partial charge on any atom is -0.392 e. The molecule has 33 heavy (non-hydrogen) atoms. The van der Waals surface area contributed by atoms with Gasteiger partial charge in [0.2, 0.25) is 0 Å². The van der Waals surface area contributed by atoms with Crippen molar-refractivity contribution in [1.82, 2.24) is 25.1 Å². The molecule has 4 saturated carbocycles. The number of nitrogens with zero attached hydrogens (tertiary/aromatic N) is 3. The molecule has 3 aromatic rings. The van der Waals surface area contributed by atoms with Crippen LogP contribution in [0.3, 0.4) is 0 Å². The molecule has 0 spiro atoms. The lowest BCUT2D eigenvalue weighted by Crippen LogP contribution is -2.55. The molecule has 10 nitrogen and oxygen atoms in total. The molecular weight excluding hydrogens is 424 g/mol. The summed E-state index contributed by atoms with van der Waals surface area (Å²) >= 11 is 0. The van der Waals surface area contributed by atoms with Crippen molar-refractivity contribution in [2.75, 3.05) is 11.9 Å². The summed E-state index contributed by atoms with van der Waals surface area (Å²) in [5, 5.41) is 31.9. The van der Waals surface area contributed by atoms with E-state index in [4.69, 9.17) is 5.10 Å². The fourth-order valence-corrected chi connectivity index (χ4v) is 6.77. The van der Waals surface area contributed by atoms with E-state index in [1.165, 1.54) is 6.92 Å². The van der Waals surface area contributed by atoms with Gasteiger partial charge in [0, 0.05) is 24.3 Å². The lowest BCUT2D eigenvalue weighted by atomic mass is 9.52. The van der Waals surface area contributed by atoms with Gasteiger partial charge in [-0.1, -0.05) is 0 Å². The monoisotopic (exact) mass is 452 g/mol. The Balaban J connectivity index is 1.41. The molecule has 174 valence electrons. The van der Waals surface area contributed by atoms with E-state index in [1.54, 1.807) is 6.20 Å². The van der Waals surface area contributed by atoms with Crippen LogP contribution in [0, 0.1) is 17.8 Å². The van der Waals surface area contributed by atoms with E-state index in [-0.39, 0.29) is 12.6 Å². The Kier molecular flexibility index (Phi) is 4.54. The maximum atomic E-state index is 12.5. The van der Waals surface area contributed by atoms with Gasteiger partial charge in [0.05, 0.1) is 28.6 Å². The largest absolute Gasteiger partial charge is 0.392 e. The van der Waals surface area contributed by atoms with Gasteiger partial charge in [-0.3, -0.25) is 14.3 Å². The number of amides is 2. The molecule has 6 atom stereocenters. The fourth-order valence-electron chi connectivity index (χ4n) is 6.77. The number of aliphatic hydroxyl groups is 2. The van der Waals surface area contributed by atoms with Gasteiger partial charge in [-0.05, 0) is 62.8 Å². The molecule has 4 bridgehead atoms. The van der Waals surface area contributed by atoms with Gasteiger partial charge in [0.1, 0.15) is 5.65 Å². The summed E-state index contributed by atoms with van der Waals surface area (Å²) in [5.41, 5.74) is 1.06. The molecule has 2 amide bonds. The molecule has 3 heterocycles. The summed E-state index contributed by atoms with van der Waals surface area (Å²) in [5.74, 6) is -0.155. The first-order valence-corrected chi connectivity index (χ1v) is 11.7. The Morgan fingerprint density at radius 2 is 2.00 bits per heavy atom. The zero-order chi connectivity index (χ0) is 22.9. The van der Waals surface area contributed by atoms with Gasteiger partial charge < -0.3 is 25.8 Å². The second kappa shape index (κ2) is 7.26. The van der Waals surface area contributed by atoms with E-state index >= 15 is 0 Å². The quantitative estimate of drug-likeness (QED) is 0.379. The number of nitrogens with one attached hydrogen (secondary N) is 3. The third-order valence-electron chi connectivity index (χ3n) is 7.72. The average Bonchev–Trinajstić information content (AvgIpc) is 3.35. The first kappa shape index (κ1) is 20.6. The van der Waals surface area contributed by atoms with Crippen LogP contribution in [-0.4, -0.2) is 60.0 Å². The number of fused-ring (bicyclic) bond motifs is 3. The van der Waals surface area contributed by atoms with Gasteiger partial charge in [0.25, 0.3) is 0 Å². The zero-order valence-corrected chi connectivity index (χ0v) is 18.4. The third kappa shape index (κ3) is 3.31. The summed E-state index contributed by atoms with van der Waals surface area (Å²) in [6.07, 6.45) is 7.36. The molecule has 0 aliphatic heterocycles. The second-order valence-electron chi connectivity index (χ2n) is 10.3. The van der Waals surface area contributed by atoms with Crippen LogP contribution in [0.15, 0.2) is 18.5 Å². The zero-order valence-electron chi connectivity index (χ0n) is 18.4. The lowest BCUT2D eigenvalue weighted by molar-refractivity contribution is -0.148. The SMILES string of the molecule is CC(O)CNC(=O)C(=O)Nc1nn([C@H]2[C@@H]3CC4C[C@H]2C[C@@](O)(C4)C3)c2c1cnc1[nH]ccc12. The summed E-state index contributed by atoms with van der Waals surface area (Å²) in [6.45, 7) is 1.52. The van der Waals surface area contributed by atoms with E-state index in [2.05, 4.69) is 20.6 Å². The molecule has 5 N–H and O–H groups in total. The Bertz CT molecular complexity index is 1250. The standard InChI is InChI=1S/C23H28N6O4/c1-11(30)9-26-21(31)22(32)27-20-16-10-25-19-15(2-3-24-19)18(16)29(28-20)17-13-4-12-5-14(17)8-23(33,6-12)7-13/h2-3,10-14,17,30,33H,4-9H2,1H3,(H,24,25)(H,26,31)(H,27,28,32)/t11?,12?,13-,14+,17+,23-. The molecule has 0 radical (unpaired) electrons. The molecule has 4 aliphatic carbocycles. The predicted octanol–water partition coefficient (Wildman–Crippen LogP) is 1.46. The van der Waals surface area contributed by atoms with Crippen LogP contribution in [0.25, 0.3) is 21.9 Å². The number of aromatic nitrogens is 4. The normalized spacial score (nSPS) is 31.2. The molecule has 7 rings (SSSR count). The Morgan fingerprint density at radius 1 is 1.24 bits per heavy atom. The van der Waals surface area contributed by atoms with Crippen molar-refractivity contribution in [3.63, 3.8) is 0 Å². The van der Waals surface area contributed by atoms with Crippen molar-refractivity contribution in [2.24, 2.45) is 17.8 Å². The van der Waals surface area contributed by atoms with Crippen molar-refractivity contribution < 1.29 is 19.8 Å². The van der Waals surface area contributed by atoms with Crippen LogP contribution in [0.4, 0.5) is 5.82 Å². The molecule has 0 saturated heterocycles. The highest BCUT2D eigenvalue weighted by Crippen LogP contribution is 2.60. The first-order valence-electron chi connectivity index (χ1n) is 11.7. The van der Waals surface area contributed by atoms with Crippen molar-refractivity contribution >= 4 is 39.6 Å². The summed E-state index contributed by atoms with van der Waals surface area (Å²) < 4.78 is 2.02. The number of hydrogen-bond donors (Lipinski definition) is 5. The van der Waals surface area contributed by atoms with E-state index in [9.17, 15) is 19.8 Å². The maximum absolute atomic E-state index is 12.5. The summed E-state index contributed by atoms with van der Waals surface area (Å²) in [6, 6.07) is 2.08. The molecule has 4 fully saturated rings. The average molecular weight is 453 g/mol. The minimum absolute atomic E-state index is 0.0114. The fraction of sp³-hybridized carbons (Fsp3) is 0.565. The topological polar surface area (TPSA) is 145 Å². The lowest BCUT2D eigenvalue weighted by Gasteiger charge is -2.57. The number of pyridine rings is 1. The minimum atomic E-state index is -0.837. The van der Waals surface area contributed by atoms with Crippen LogP contribution in [0.2, 0.25) is 0 Å². The Morgan fingerprint density at radius 3 is 2.70 bits per heavy atom. The van der Waals surface area contributed by atoms with Crippen molar-refractivity contribution in [2.45, 2.75) is 56.8 Å². The molecule has 10 heteroatoms. The van der Waals surface area contributed by atoms with Crippen LogP contribution >= 0.6 is 0 Å². The van der Waals surface area contributed by atoms with Gasteiger partial charge >= 0.3 is 11.8 Å². The number of anilines is 1. The van der Waals surface area contributed by atoms with E-state index in [1.807, 2.05) is 16.9 Å². The van der Waals surface area contributed by atoms with Crippen molar-refractivity contribution in [1.29, 1.82) is 0 Å². The van der Waals surface area contributed by atoms with Crippen molar-refractivity contribution in [3.05, 3.63) is 18.5 Å². The number of aromatic amines is 1. The number of carbonyl (C=O) groups excluding carboxylic acids is 2. The molecular formula is C23H28N6O4. The van der Waals surface area contributed by atoms with Gasteiger partial charge in [-0.15, -0.1) is 0 Å². The highest BCUT2D eigenvalue weighted by Gasteiger charge is 2.55. The third-order valence-corrected chi connectivity index (χ3v) is 7.72. The Labute approximate surface area is 189 Å². The van der Waals surface area contributed by atoms with Crippen molar-refractivity contribution in [3.8, 4) is 0 Å². The summed E-state index contributed by atoms with van der Waals surface area (Å²) in [7, 11) is 0. The maximum Gasteiger partial charge on any atom is 0.314 e. The second-order valence-corrected chi connectivity index (χ2v) is 10.3. The van der Waals surface area contributed by atoms with Gasteiger partial charge in [-0.2, -0.15) is 5.10 Å². The van der Waals surface area contributed by atoms with E-state index in [0.717, 1.165) is 48.7 Å². The molecule has 4 aliphatic rings. The highest BCUT2D eigenvalue weighted by atomic mass is 16.3. The summed E-state index contributed by atoms with van der Waals surface area (Å²) in [4.78, 5) is 32.3. The Hall–Kier alpha value is -2.98. The predicted molar refractivity (Wildman–Crippen MR) is 120 cm³/mol. The van der Waals surface area contributed by atoms with E-state index < -0.39 is 23.5 Å². The molecule has 2 unspecified atom stereocenters. The van der Waals surface area contributed by atoms with Gasteiger partial charge in [-0.25, -0.2) is 4.98 Å². The van der Waals surface area contributed by atoms with Crippen LogP contribution in [0.5, 0.6) is 0 Å².